The highest BCUT2D eigenvalue weighted by atomic mass is 32.2. The zero-order valence-electron chi connectivity index (χ0n) is 76.2. The van der Waals surface area contributed by atoms with Crippen LogP contribution in [0.2, 0.25) is 0 Å². The van der Waals surface area contributed by atoms with Gasteiger partial charge in [-0.05, 0) is 261 Å². The number of benzene rings is 16. The molecule has 0 amide bonds. The number of nitrogens with two attached hydrogens (primary N) is 14. The molecule has 16 aromatic carbocycles. The molecule has 746 valence electrons. The van der Waals surface area contributed by atoms with Crippen LogP contribution in [0.1, 0.15) is 86.1 Å². The summed E-state index contributed by atoms with van der Waals surface area (Å²) in [6.07, 6.45) is -11.6. The molecule has 0 unspecified atom stereocenters. The van der Waals surface area contributed by atoms with Crippen molar-refractivity contribution in [1.29, 1.82) is 0 Å². The molecule has 144 heavy (non-hydrogen) atoms. The summed E-state index contributed by atoms with van der Waals surface area (Å²) >= 11 is 0. The van der Waals surface area contributed by atoms with Gasteiger partial charge in [0.1, 0.15) is 92.0 Å². The Morgan fingerprint density at radius 3 is 0.806 bits per heavy atom. The van der Waals surface area contributed by atoms with Gasteiger partial charge in [0.2, 0.25) is 15.3 Å². The second kappa shape index (κ2) is 42.9. The number of carbonyl (C=O) groups is 1. The first kappa shape index (κ1) is 105. The van der Waals surface area contributed by atoms with Crippen molar-refractivity contribution < 1.29 is 116 Å². The molecule has 1 aliphatic carbocycles. The number of hydrogen-bond acceptors (Lipinski definition) is 32. The first-order chi connectivity index (χ1) is 67.6. The topological polar surface area (TPSA) is 708 Å². The summed E-state index contributed by atoms with van der Waals surface area (Å²) in [5.74, 6) is -0.841. The number of aromatic hydroxyl groups is 14. The van der Waals surface area contributed by atoms with E-state index in [9.17, 15) is 111 Å². The van der Waals surface area contributed by atoms with E-state index < -0.39 is 61.6 Å². The molecule has 0 bridgehead atoms. The Hall–Kier alpha value is -19.1. The van der Waals surface area contributed by atoms with Crippen molar-refractivity contribution in [2.24, 2.45) is 0 Å². The second-order valence-corrected chi connectivity index (χ2v) is 35.1. The third-order valence-electron chi connectivity index (χ3n) is 23.1. The lowest BCUT2D eigenvalue weighted by atomic mass is 9.72. The van der Waals surface area contributed by atoms with Gasteiger partial charge in [-0.3, -0.25) is 4.79 Å². The van der Waals surface area contributed by atoms with Gasteiger partial charge >= 0.3 is 12.4 Å². The lowest BCUT2D eigenvalue weighted by Crippen LogP contribution is -2.54. The minimum Gasteiger partial charge on any atom is -0.506 e. The van der Waals surface area contributed by atoms with Crippen LogP contribution in [0.4, 0.5) is 106 Å². The number of fused-ring (bicyclic) bond motifs is 3. The Kier molecular flexibility index (Phi) is 31.4. The lowest BCUT2D eigenvalue weighted by Gasteiger charge is -2.38. The van der Waals surface area contributed by atoms with Gasteiger partial charge in [0.25, 0.3) is 0 Å². The number of ether oxygens (including phenoxy) is 1. The first-order valence-electron chi connectivity index (χ1n) is 42.6. The van der Waals surface area contributed by atoms with E-state index in [4.69, 9.17) is 85.0 Å². The highest BCUT2D eigenvalue weighted by Gasteiger charge is 2.72. The van der Waals surface area contributed by atoms with Crippen LogP contribution in [0.5, 0.6) is 92.0 Å². The Labute approximate surface area is 818 Å². The molecule has 0 saturated carbocycles. The highest BCUT2D eigenvalue weighted by molar-refractivity contribution is 7.91. The smallest absolute Gasteiger partial charge is 0.411 e. The number of hydrogen-bond donors (Lipinski definition) is 28. The Morgan fingerprint density at radius 1 is 0.278 bits per heavy atom. The third kappa shape index (κ3) is 23.5. The zero-order valence-corrected chi connectivity index (χ0v) is 77.0. The van der Waals surface area contributed by atoms with Gasteiger partial charge in [-0.1, -0.05) is 111 Å². The Morgan fingerprint density at radius 2 is 0.521 bits per heavy atom. The SMILES string of the molecule is CC(C)(c1ccc(O)c(N)c1)c1ccc(O)c(N)c1.Nc1cc(-c2ccc(O)c(N)c2)ccc1O.Nc1cc(C(=O)c2ccc(O)c(N)c2)ccc1O.Nc1cc(C(c2ccc(O)c(N)c2)(C(F)(F)F)C(F)(F)F)ccc1O.Nc1cc(C(c2ccc(O)c(N)c2)C2c3ccccc3-c3ccccc32)ccc1O.Nc1cc(Oc2ccc(O)c(N)c2)ccc1O.Nc1cc(S(=O)(=O)c2ccc(O)c(N)c2)ccc1O. The number of carbonyl (C=O) groups excluding carboxylic acids is 1. The van der Waals surface area contributed by atoms with Crippen molar-refractivity contribution in [3.8, 4) is 114 Å². The number of nitrogen functional groups attached to an aromatic ring is 14. The van der Waals surface area contributed by atoms with Crippen molar-refractivity contribution >= 4 is 95.2 Å². The van der Waals surface area contributed by atoms with Gasteiger partial charge in [0.05, 0.1) is 89.4 Å². The van der Waals surface area contributed by atoms with Crippen LogP contribution in [0.25, 0.3) is 22.3 Å². The van der Waals surface area contributed by atoms with Crippen LogP contribution in [0.15, 0.2) is 313 Å². The predicted octanol–water partition coefficient (Wildman–Crippen LogP) is 18.0. The Bertz CT molecular complexity index is 7190. The van der Waals surface area contributed by atoms with E-state index >= 15 is 0 Å². The summed E-state index contributed by atoms with van der Waals surface area (Å²) in [5, 5.41) is 132. The van der Waals surface area contributed by atoms with Crippen molar-refractivity contribution in [3.05, 3.63) is 359 Å². The van der Waals surface area contributed by atoms with Crippen LogP contribution >= 0.6 is 0 Å². The molecule has 39 heteroatoms. The molecule has 42 N–H and O–H groups in total. The molecular formula is C105H100F6N14O18S. The molecule has 32 nitrogen and oxygen atoms in total. The molecule has 1 aliphatic rings. The van der Waals surface area contributed by atoms with Crippen molar-refractivity contribution in [2.45, 2.75) is 58.7 Å². The molecule has 0 atom stereocenters. The summed E-state index contributed by atoms with van der Waals surface area (Å²) in [6.45, 7) is 4.06. The minimum atomic E-state index is -5.82. The normalized spacial score (nSPS) is 11.5. The van der Waals surface area contributed by atoms with Gasteiger partial charge in [0, 0.05) is 40.5 Å². The number of phenolic OH excluding ortho intramolecular Hbond substituents is 14. The van der Waals surface area contributed by atoms with Crippen LogP contribution in [-0.4, -0.2) is 98.0 Å². The average molecular weight is 1990 g/mol. The second-order valence-electron chi connectivity index (χ2n) is 33.1. The maximum absolute atomic E-state index is 13.8. The van der Waals surface area contributed by atoms with Crippen LogP contribution in [0.3, 0.4) is 0 Å². The highest BCUT2D eigenvalue weighted by Crippen LogP contribution is 2.59. The summed E-state index contributed by atoms with van der Waals surface area (Å²) < 4.78 is 113. The molecule has 0 radical (unpaired) electrons. The first-order valence-corrected chi connectivity index (χ1v) is 44.1. The van der Waals surface area contributed by atoms with E-state index in [1.807, 2.05) is 50.2 Å². The van der Waals surface area contributed by atoms with E-state index in [0.717, 1.165) is 45.5 Å². The van der Waals surface area contributed by atoms with E-state index in [2.05, 4.69) is 48.5 Å². The number of phenols is 14. The van der Waals surface area contributed by atoms with Crippen molar-refractivity contribution in [3.63, 3.8) is 0 Å². The fraction of sp³-hybridized carbons (Fsp3) is 0.0762. The Balaban J connectivity index is 0.000000162. The summed E-state index contributed by atoms with van der Waals surface area (Å²) in [6, 6.07) is 75.4. The van der Waals surface area contributed by atoms with Gasteiger partial charge in [0.15, 0.2) is 5.78 Å². The van der Waals surface area contributed by atoms with E-state index in [0.29, 0.717) is 93.1 Å². The number of sulfone groups is 1. The molecule has 0 aliphatic heterocycles. The maximum atomic E-state index is 13.8. The number of rotatable bonds is 14. The molecule has 0 fully saturated rings. The maximum Gasteiger partial charge on any atom is 0.411 e. The van der Waals surface area contributed by atoms with Crippen LogP contribution < -0.4 is 85.0 Å². The molecule has 17 rings (SSSR count). The molecule has 0 aromatic heterocycles. The number of ketones is 1. The fourth-order valence-electron chi connectivity index (χ4n) is 15.2. The molecule has 0 heterocycles. The van der Waals surface area contributed by atoms with Crippen LogP contribution in [0, 0.1) is 0 Å². The van der Waals surface area contributed by atoms with Gasteiger partial charge < -0.3 is 156 Å². The van der Waals surface area contributed by atoms with Crippen molar-refractivity contribution in [2.75, 3.05) is 80.3 Å². The molecule has 16 aromatic rings. The summed E-state index contributed by atoms with van der Waals surface area (Å²) in [4.78, 5) is 12.0. The monoisotopic (exact) mass is 1990 g/mol. The fourth-order valence-corrected chi connectivity index (χ4v) is 16.5. The van der Waals surface area contributed by atoms with Gasteiger partial charge in [-0.15, -0.1) is 0 Å². The lowest BCUT2D eigenvalue weighted by molar-refractivity contribution is -0.288. The van der Waals surface area contributed by atoms with E-state index in [1.165, 1.54) is 119 Å². The third-order valence-corrected chi connectivity index (χ3v) is 24.9. The standard InChI is InChI=1S/C26H22N2O2.C15H12F6N2O2.C15H18N2O2.C13H12N2O3.C12H12N2O4S.C12H12N2O3.C12H12N2O2/c27-21-13-15(9-11-23(21)29)25(16-10-12-24(30)22(28)14-16)26-19-7-3-1-5-17(19)18-6-2-4-8-20(18)26;16-14(17,18)13(15(19,20)21,7-1-3-11(24)9(22)5-7)8-2-4-12(25)10(23)6-8;1-15(2,9-3-5-13(18)11(16)7-9)10-4-6-14(19)12(17)8-10;14-9-5-7(1-3-11(9)16)13(18)8-2-4-12(17)10(15)6-8;13-9-5-7(1-3-11(9)15)19(17,18)8-2-4-12(16)10(14)6-8;13-9-5-7(1-3-11(9)15)17-8-2-4-12(16)10(14)6-8;13-9-5-7(1-3-11(9)15)8-2-4-12(16)10(14)6-8/h1-14,25-26,29-30H,27-28H2;1-6,24-25H,22-23H2;3-8,18-19H,16-17H2,1-2H3;1-6,16-17H,14-15H2;1-6,15-16H,13-14H2;1-6,15-16H,13-14H2;1-6,15-16H,13-14H2. The number of alkyl halides is 6. The molecule has 0 saturated heterocycles. The summed E-state index contributed by atoms with van der Waals surface area (Å²) in [7, 11) is -3.80. The van der Waals surface area contributed by atoms with Gasteiger partial charge in [-0.2, -0.15) is 26.3 Å². The van der Waals surface area contributed by atoms with Crippen LogP contribution in [-0.2, 0) is 20.7 Å². The van der Waals surface area contributed by atoms with E-state index in [1.54, 1.807) is 72.8 Å². The van der Waals surface area contributed by atoms with Crippen molar-refractivity contribution in [1.82, 2.24) is 0 Å². The average Bonchev–Trinajstić information content (AvgIpc) is 0.948. The molecule has 0 spiro atoms. The largest absolute Gasteiger partial charge is 0.506 e. The zero-order chi connectivity index (χ0) is 106. The molecular weight excluding hydrogens is 1890 g/mol. The van der Waals surface area contributed by atoms with E-state index in [-0.39, 0.29) is 136 Å². The number of halogens is 6. The quantitative estimate of drug-likeness (QED) is 0.0208. The van der Waals surface area contributed by atoms with Gasteiger partial charge in [-0.25, -0.2) is 8.42 Å². The minimum absolute atomic E-state index is 0.00238. The number of anilines is 14. The predicted molar refractivity (Wildman–Crippen MR) is 544 cm³/mol. The summed E-state index contributed by atoms with van der Waals surface area (Å²) in [5.41, 5.74) is 83.7.